The molecule has 28 heavy (non-hydrogen) atoms. The second-order valence-corrected chi connectivity index (χ2v) is 10.2. The van der Waals surface area contributed by atoms with Crippen LogP contribution >= 0.6 is 0 Å². The van der Waals surface area contributed by atoms with Crippen molar-refractivity contribution in [1.29, 1.82) is 0 Å². The zero-order valence-corrected chi connectivity index (χ0v) is 17.8. The van der Waals surface area contributed by atoms with E-state index in [-0.39, 0.29) is 11.9 Å². The summed E-state index contributed by atoms with van der Waals surface area (Å²) in [5.74, 6) is 0.700. The Labute approximate surface area is 169 Å². The fraction of sp³-hybridized carbons (Fsp3) is 0.682. The number of anilines is 1. The third kappa shape index (κ3) is 5.35. The van der Waals surface area contributed by atoms with E-state index >= 15 is 0 Å². The molecule has 6 heteroatoms. The molecule has 1 atom stereocenters. The van der Waals surface area contributed by atoms with Gasteiger partial charge in [-0.3, -0.25) is 4.79 Å². The largest absolute Gasteiger partial charge is 0.326 e. The summed E-state index contributed by atoms with van der Waals surface area (Å²) >= 11 is 0. The highest BCUT2D eigenvalue weighted by atomic mass is 32.2. The second kappa shape index (κ2) is 9.88. The molecule has 1 saturated heterocycles. The molecule has 2 aliphatic rings. The van der Waals surface area contributed by atoms with Gasteiger partial charge < -0.3 is 5.32 Å². The summed E-state index contributed by atoms with van der Waals surface area (Å²) in [5.41, 5.74) is 0.665. The summed E-state index contributed by atoms with van der Waals surface area (Å²) in [6.45, 7) is 2.64. The third-order valence-corrected chi connectivity index (χ3v) is 8.26. The monoisotopic (exact) mass is 406 g/mol. The molecule has 5 nitrogen and oxygen atoms in total. The van der Waals surface area contributed by atoms with Gasteiger partial charge in [-0.25, -0.2) is 8.42 Å². The van der Waals surface area contributed by atoms with Crippen LogP contribution in [0.1, 0.15) is 77.6 Å². The van der Waals surface area contributed by atoms with E-state index < -0.39 is 10.0 Å². The lowest BCUT2D eigenvalue weighted by atomic mass is 9.86. The Morgan fingerprint density at radius 3 is 2.39 bits per heavy atom. The first-order valence-electron chi connectivity index (χ1n) is 10.9. The zero-order valence-electron chi connectivity index (χ0n) is 17.0. The van der Waals surface area contributed by atoms with Crippen LogP contribution < -0.4 is 5.32 Å². The molecule has 2 fully saturated rings. The molecule has 156 valence electrons. The molecule has 0 bridgehead atoms. The standard InChI is InChI=1S/C22H34N2O3S/c1-2-20-10-6-7-17-24(20)28(26,27)21-14-12-19(13-15-21)23-22(25)16-11-18-8-4-3-5-9-18/h12-15,18,20H,2-11,16-17H2,1H3,(H,23,25). The Kier molecular flexibility index (Phi) is 7.52. The molecular weight excluding hydrogens is 372 g/mol. The van der Waals surface area contributed by atoms with Crippen molar-refractivity contribution in [3.05, 3.63) is 24.3 Å². The van der Waals surface area contributed by atoms with Crippen LogP contribution in [-0.4, -0.2) is 31.2 Å². The van der Waals surface area contributed by atoms with Crippen LogP contribution in [0.2, 0.25) is 0 Å². The Hall–Kier alpha value is -1.40. The molecule has 1 N–H and O–H groups in total. The highest BCUT2D eigenvalue weighted by Gasteiger charge is 2.32. The normalized spacial score (nSPS) is 22.1. The molecule has 0 spiro atoms. The van der Waals surface area contributed by atoms with Crippen molar-refractivity contribution in [3.8, 4) is 0 Å². The lowest BCUT2D eigenvalue weighted by molar-refractivity contribution is -0.116. The van der Waals surface area contributed by atoms with Crippen molar-refractivity contribution in [2.24, 2.45) is 5.92 Å². The van der Waals surface area contributed by atoms with Gasteiger partial charge in [0.25, 0.3) is 0 Å². The molecule has 0 radical (unpaired) electrons. The number of nitrogens with zero attached hydrogens (tertiary/aromatic N) is 1. The fourth-order valence-corrected chi connectivity index (χ4v) is 6.35. The van der Waals surface area contributed by atoms with Crippen molar-refractivity contribution >= 4 is 21.6 Å². The van der Waals surface area contributed by atoms with Gasteiger partial charge in [-0.1, -0.05) is 45.4 Å². The van der Waals surface area contributed by atoms with Crippen LogP contribution in [-0.2, 0) is 14.8 Å². The molecule has 1 aliphatic carbocycles. The van der Waals surface area contributed by atoms with Gasteiger partial charge in [0.15, 0.2) is 0 Å². The van der Waals surface area contributed by atoms with Crippen molar-refractivity contribution in [2.75, 3.05) is 11.9 Å². The van der Waals surface area contributed by atoms with Gasteiger partial charge in [-0.2, -0.15) is 4.31 Å². The van der Waals surface area contributed by atoms with E-state index in [1.54, 1.807) is 28.6 Å². The van der Waals surface area contributed by atoms with Gasteiger partial charge in [0.2, 0.25) is 15.9 Å². The first-order valence-corrected chi connectivity index (χ1v) is 12.4. The van der Waals surface area contributed by atoms with Crippen LogP contribution in [0, 0.1) is 5.92 Å². The number of piperidine rings is 1. The van der Waals surface area contributed by atoms with Gasteiger partial charge in [0.05, 0.1) is 4.90 Å². The minimum Gasteiger partial charge on any atom is -0.326 e. The Bertz CT molecular complexity index is 740. The van der Waals surface area contributed by atoms with Crippen molar-refractivity contribution in [2.45, 2.75) is 88.5 Å². The SMILES string of the molecule is CCC1CCCCN1S(=O)(=O)c1ccc(NC(=O)CCC2CCCCC2)cc1. The molecule has 3 rings (SSSR count). The van der Waals surface area contributed by atoms with Gasteiger partial charge in [0.1, 0.15) is 0 Å². The lowest BCUT2D eigenvalue weighted by Crippen LogP contribution is -2.43. The number of amides is 1. The van der Waals surface area contributed by atoms with Crippen LogP contribution in [0.5, 0.6) is 0 Å². The molecule has 0 aromatic heterocycles. The topological polar surface area (TPSA) is 66.5 Å². The Balaban J connectivity index is 1.57. The van der Waals surface area contributed by atoms with E-state index in [0.29, 0.717) is 29.5 Å². The number of carbonyl (C=O) groups excluding carboxylic acids is 1. The van der Waals surface area contributed by atoms with Crippen molar-refractivity contribution in [1.82, 2.24) is 4.31 Å². The number of sulfonamides is 1. The highest BCUT2D eigenvalue weighted by Crippen LogP contribution is 2.29. The predicted octanol–water partition coefficient (Wildman–Crippen LogP) is 4.94. The smallest absolute Gasteiger partial charge is 0.243 e. The summed E-state index contributed by atoms with van der Waals surface area (Å²) in [6.07, 6.45) is 11.7. The lowest BCUT2D eigenvalue weighted by Gasteiger charge is -2.34. The molecule has 1 heterocycles. The summed E-state index contributed by atoms with van der Waals surface area (Å²) in [6, 6.07) is 6.74. The fourth-order valence-electron chi connectivity index (χ4n) is 4.58. The van der Waals surface area contributed by atoms with E-state index in [9.17, 15) is 13.2 Å². The quantitative estimate of drug-likeness (QED) is 0.697. The summed E-state index contributed by atoms with van der Waals surface area (Å²) in [4.78, 5) is 12.5. The molecule has 1 aliphatic heterocycles. The maximum Gasteiger partial charge on any atom is 0.243 e. The minimum atomic E-state index is -3.47. The Morgan fingerprint density at radius 2 is 1.71 bits per heavy atom. The number of rotatable bonds is 7. The van der Waals surface area contributed by atoms with E-state index in [1.807, 2.05) is 6.92 Å². The zero-order chi connectivity index (χ0) is 20.0. The van der Waals surface area contributed by atoms with Crippen LogP contribution in [0.15, 0.2) is 29.2 Å². The first kappa shape index (κ1) is 21.3. The highest BCUT2D eigenvalue weighted by molar-refractivity contribution is 7.89. The van der Waals surface area contributed by atoms with Crippen molar-refractivity contribution < 1.29 is 13.2 Å². The number of carbonyl (C=O) groups is 1. The molecule has 1 aromatic rings. The maximum atomic E-state index is 13.0. The van der Waals surface area contributed by atoms with Gasteiger partial charge in [0, 0.05) is 24.7 Å². The van der Waals surface area contributed by atoms with Crippen molar-refractivity contribution in [3.63, 3.8) is 0 Å². The summed E-state index contributed by atoms with van der Waals surface area (Å²) in [5, 5.41) is 2.91. The third-order valence-electron chi connectivity index (χ3n) is 6.29. The molecule has 1 saturated carbocycles. The predicted molar refractivity (Wildman–Crippen MR) is 113 cm³/mol. The average molecular weight is 407 g/mol. The molecule has 1 unspecified atom stereocenters. The molecule has 1 amide bonds. The van der Waals surface area contributed by atoms with Gasteiger partial charge in [-0.05, 0) is 55.9 Å². The van der Waals surface area contributed by atoms with E-state index in [0.717, 1.165) is 32.1 Å². The first-order chi connectivity index (χ1) is 13.5. The number of hydrogen-bond donors (Lipinski definition) is 1. The number of hydrogen-bond acceptors (Lipinski definition) is 3. The van der Waals surface area contributed by atoms with Gasteiger partial charge >= 0.3 is 0 Å². The second-order valence-electron chi connectivity index (χ2n) is 8.29. The summed E-state index contributed by atoms with van der Waals surface area (Å²) in [7, 11) is -3.47. The summed E-state index contributed by atoms with van der Waals surface area (Å²) < 4.78 is 27.7. The van der Waals surface area contributed by atoms with E-state index in [1.165, 1.54) is 32.1 Å². The van der Waals surface area contributed by atoms with Gasteiger partial charge in [-0.15, -0.1) is 0 Å². The van der Waals surface area contributed by atoms with E-state index in [2.05, 4.69) is 5.32 Å². The van der Waals surface area contributed by atoms with Crippen LogP contribution in [0.4, 0.5) is 5.69 Å². The maximum absolute atomic E-state index is 13.0. The average Bonchev–Trinajstić information content (AvgIpc) is 2.73. The van der Waals surface area contributed by atoms with E-state index in [4.69, 9.17) is 0 Å². The molecule has 1 aromatic carbocycles. The number of nitrogens with one attached hydrogen (secondary N) is 1. The number of benzene rings is 1. The van der Waals surface area contributed by atoms with Crippen LogP contribution in [0.3, 0.4) is 0 Å². The molecular formula is C22H34N2O3S. The Morgan fingerprint density at radius 1 is 1.04 bits per heavy atom. The minimum absolute atomic E-state index is 0.0169. The van der Waals surface area contributed by atoms with Crippen LogP contribution in [0.25, 0.3) is 0 Å².